The Labute approximate surface area is 98.4 Å². The van der Waals surface area contributed by atoms with E-state index in [-0.39, 0.29) is 18.4 Å². The molecule has 1 aliphatic carbocycles. The highest BCUT2D eigenvalue weighted by Gasteiger charge is 2.37. The molecule has 0 aromatic rings. The number of carbonyl (C=O) groups is 2. The molecule has 1 amide bonds. The van der Waals surface area contributed by atoms with Crippen LogP contribution in [0.3, 0.4) is 0 Å². The van der Waals surface area contributed by atoms with Crippen molar-refractivity contribution < 1.29 is 14.7 Å². The molecular formula is C10H16N2O3S. The Morgan fingerprint density at radius 3 is 2.75 bits per heavy atom. The van der Waals surface area contributed by atoms with Crippen LogP contribution in [0.5, 0.6) is 0 Å². The van der Waals surface area contributed by atoms with Gasteiger partial charge in [-0.3, -0.25) is 4.79 Å². The van der Waals surface area contributed by atoms with Gasteiger partial charge in [0.15, 0.2) is 0 Å². The molecule has 5 nitrogen and oxygen atoms in total. The monoisotopic (exact) mass is 244 g/mol. The summed E-state index contributed by atoms with van der Waals surface area (Å²) in [6.45, 7) is 0. The fourth-order valence-corrected chi connectivity index (χ4v) is 3.07. The van der Waals surface area contributed by atoms with E-state index in [1.54, 1.807) is 0 Å². The lowest BCUT2D eigenvalue weighted by molar-refractivity contribution is -0.147. The first kappa shape index (κ1) is 11.7. The summed E-state index contributed by atoms with van der Waals surface area (Å²) in [5.74, 6) is 0.407. The van der Waals surface area contributed by atoms with Crippen molar-refractivity contribution in [1.82, 2.24) is 4.90 Å². The number of carboxylic acids is 1. The smallest absolute Gasteiger partial charge is 0.327 e. The van der Waals surface area contributed by atoms with Gasteiger partial charge < -0.3 is 15.7 Å². The van der Waals surface area contributed by atoms with Crippen molar-refractivity contribution in [2.24, 2.45) is 11.7 Å². The summed E-state index contributed by atoms with van der Waals surface area (Å²) in [5.41, 5.74) is 5.87. The van der Waals surface area contributed by atoms with Crippen LogP contribution in [-0.4, -0.2) is 45.6 Å². The Morgan fingerprint density at radius 2 is 2.19 bits per heavy atom. The van der Waals surface area contributed by atoms with E-state index in [0.717, 1.165) is 12.8 Å². The molecule has 2 atom stereocenters. The minimum atomic E-state index is -0.918. The molecular weight excluding hydrogens is 228 g/mol. The zero-order chi connectivity index (χ0) is 11.7. The highest BCUT2D eigenvalue weighted by atomic mass is 32.2. The summed E-state index contributed by atoms with van der Waals surface area (Å²) in [4.78, 5) is 24.2. The van der Waals surface area contributed by atoms with Crippen LogP contribution in [-0.2, 0) is 9.59 Å². The first-order valence-electron chi connectivity index (χ1n) is 5.45. The molecule has 90 valence electrons. The van der Waals surface area contributed by atoms with Crippen molar-refractivity contribution in [3.63, 3.8) is 0 Å². The maximum absolute atomic E-state index is 11.9. The number of hydrogen-bond donors (Lipinski definition) is 2. The molecule has 0 spiro atoms. The summed E-state index contributed by atoms with van der Waals surface area (Å²) in [6.07, 6.45) is 2.49. The van der Waals surface area contributed by atoms with E-state index in [9.17, 15) is 9.59 Å². The average Bonchev–Trinajstić information content (AvgIpc) is 2.94. The van der Waals surface area contributed by atoms with Gasteiger partial charge in [-0.05, 0) is 18.8 Å². The van der Waals surface area contributed by atoms with Gasteiger partial charge in [-0.15, -0.1) is 11.8 Å². The minimum Gasteiger partial charge on any atom is -0.480 e. The summed E-state index contributed by atoms with van der Waals surface area (Å²) in [5, 5.41) is 8.95. The Morgan fingerprint density at radius 1 is 1.50 bits per heavy atom. The highest BCUT2D eigenvalue weighted by Crippen LogP contribution is 2.33. The van der Waals surface area contributed by atoms with Gasteiger partial charge in [0.05, 0.1) is 5.88 Å². The molecule has 1 heterocycles. The highest BCUT2D eigenvalue weighted by molar-refractivity contribution is 7.99. The van der Waals surface area contributed by atoms with Crippen LogP contribution in [0.1, 0.15) is 19.3 Å². The number of nitrogens with two attached hydrogens (primary N) is 1. The predicted molar refractivity (Wildman–Crippen MR) is 60.9 cm³/mol. The SMILES string of the molecule is NC(CC(=O)N1CSCC1C(=O)O)C1CC1. The number of nitrogens with zero attached hydrogens (tertiary/aromatic N) is 1. The van der Waals surface area contributed by atoms with Crippen molar-refractivity contribution in [2.75, 3.05) is 11.6 Å². The second-order valence-corrected chi connectivity index (χ2v) is 5.42. The predicted octanol–water partition coefficient (Wildman–Crippen LogP) is 0.0999. The van der Waals surface area contributed by atoms with E-state index in [1.807, 2.05) is 0 Å². The first-order chi connectivity index (χ1) is 7.59. The number of rotatable bonds is 4. The van der Waals surface area contributed by atoms with Crippen molar-refractivity contribution in [3.05, 3.63) is 0 Å². The van der Waals surface area contributed by atoms with Crippen molar-refractivity contribution in [1.29, 1.82) is 0 Å². The quantitative estimate of drug-likeness (QED) is 0.733. The van der Waals surface area contributed by atoms with Gasteiger partial charge in [0.25, 0.3) is 0 Å². The summed E-state index contributed by atoms with van der Waals surface area (Å²) < 4.78 is 0. The van der Waals surface area contributed by atoms with Crippen LogP contribution in [0, 0.1) is 5.92 Å². The lowest BCUT2D eigenvalue weighted by atomic mass is 10.1. The normalized spacial score (nSPS) is 26.8. The van der Waals surface area contributed by atoms with E-state index >= 15 is 0 Å². The van der Waals surface area contributed by atoms with Gasteiger partial charge >= 0.3 is 5.97 Å². The van der Waals surface area contributed by atoms with Crippen LogP contribution in [0.4, 0.5) is 0 Å². The third-order valence-corrected chi connectivity index (χ3v) is 4.14. The fraction of sp³-hybridized carbons (Fsp3) is 0.800. The zero-order valence-electron chi connectivity index (χ0n) is 8.96. The number of aliphatic carboxylic acids is 1. The topological polar surface area (TPSA) is 83.6 Å². The second-order valence-electron chi connectivity index (χ2n) is 4.42. The Bertz CT molecular complexity index is 306. The molecule has 0 aromatic heterocycles. The molecule has 3 N–H and O–H groups in total. The second kappa shape index (κ2) is 4.63. The number of carbonyl (C=O) groups excluding carboxylic acids is 1. The van der Waals surface area contributed by atoms with Crippen molar-refractivity contribution >= 4 is 23.6 Å². The maximum Gasteiger partial charge on any atom is 0.327 e. The van der Waals surface area contributed by atoms with Crippen LogP contribution in [0.25, 0.3) is 0 Å². The molecule has 2 unspecified atom stereocenters. The number of hydrogen-bond acceptors (Lipinski definition) is 4. The van der Waals surface area contributed by atoms with E-state index < -0.39 is 12.0 Å². The van der Waals surface area contributed by atoms with E-state index in [2.05, 4.69) is 0 Å². The third-order valence-electron chi connectivity index (χ3n) is 3.13. The molecule has 1 saturated carbocycles. The Balaban J connectivity index is 1.90. The standard InChI is InChI=1S/C10H16N2O3S/c11-7(6-1-2-6)3-9(13)12-5-16-4-8(12)10(14)15/h6-8H,1-5,11H2,(H,14,15). The molecule has 2 rings (SSSR count). The van der Waals surface area contributed by atoms with Gasteiger partial charge in [-0.1, -0.05) is 0 Å². The maximum atomic E-state index is 11.9. The summed E-state index contributed by atoms with van der Waals surface area (Å²) >= 11 is 1.48. The van der Waals surface area contributed by atoms with Gasteiger partial charge in [0.2, 0.25) is 5.91 Å². The van der Waals surface area contributed by atoms with Gasteiger partial charge in [-0.2, -0.15) is 0 Å². The Kier molecular flexibility index (Phi) is 3.39. The number of amides is 1. The van der Waals surface area contributed by atoms with E-state index in [1.165, 1.54) is 16.7 Å². The van der Waals surface area contributed by atoms with Gasteiger partial charge in [0, 0.05) is 18.2 Å². The van der Waals surface area contributed by atoms with Crippen LogP contribution >= 0.6 is 11.8 Å². The molecule has 1 aliphatic heterocycles. The number of thioether (sulfide) groups is 1. The minimum absolute atomic E-state index is 0.0902. The third kappa shape index (κ3) is 2.49. The zero-order valence-corrected chi connectivity index (χ0v) is 9.78. The molecule has 2 aliphatic rings. The van der Waals surface area contributed by atoms with E-state index in [4.69, 9.17) is 10.8 Å². The number of carboxylic acid groups (broad SMARTS) is 1. The lowest BCUT2D eigenvalue weighted by Gasteiger charge is -2.22. The Hall–Kier alpha value is -0.750. The fourth-order valence-electron chi connectivity index (χ4n) is 1.90. The summed E-state index contributed by atoms with van der Waals surface area (Å²) in [6, 6.07) is -0.753. The van der Waals surface area contributed by atoms with Crippen LogP contribution < -0.4 is 5.73 Å². The van der Waals surface area contributed by atoms with Crippen LogP contribution in [0.15, 0.2) is 0 Å². The van der Waals surface area contributed by atoms with Gasteiger partial charge in [0.1, 0.15) is 6.04 Å². The molecule has 0 bridgehead atoms. The van der Waals surface area contributed by atoms with E-state index in [0.29, 0.717) is 17.5 Å². The van der Waals surface area contributed by atoms with Crippen LogP contribution in [0.2, 0.25) is 0 Å². The van der Waals surface area contributed by atoms with Crippen molar-refractivity contribution in [3.8, 4) is 0 Å². The van der Waals surface area contributed by atoms with Crippen molar-refractivity contribution in [2.45, 2.75) is 31.3 Å². The first-order valence-corrected chi connectivity index (χ1v) is 6.60. The molecule has 16 heavy (non-hydrogen) atoms. The molecule has 0 aromatic carbocycles. The van der Waals surface area contributed by atoms with Gasteiger partial charge in [-0.25, -0.2) is 4.79 Å². The molecule has 1 saturated heterocycles. The molecule has 0 radical (unpaired) electrons. The lowest BCUT2D eigenvalue weighted by Crippen LogP contribution is -2.44. The largest absolute Gasteiger partial charge is 0.480 e. The average molecular weight is 244 g/mol. The molecule has 6 heteroatoms. The summed E-state index contributed by atoms with van der Waals surface area (Å²) in [7, 11) is 0. The molecule has 2 fully saturated rings.